The highest BCUT2D eigenvalue weighted by Gasteiger charge is 2.13. The van der Waals surface area contributed by atoms with Crippen LogP contribution in [0.5, 0.6) is 0 Å². The molecule has 0 fully saturated rings. The highest BCUT2D eigenvalue weighted by atomic mass is 15.1. The molecule has 0 saturated heterocycles. The van der Waals surface area contributed by atoms with Crippen LogP contribution in [0.4, 0.5) is 0 Å². The highest BCUT2D eigenvalue weighted by molar-refractivity contribution is 5.76. The Morgan fingerprint density at radius 3 is 2.88 bits per heavy atom. The molecule has 0 radical (unpaired) electrons. The van der Waals surface area contributed by atoms with E-state index in [0.29, 0.717) is 6.04 Å². The van der Waals surface area contributed by atoms with E-state index >= 15 is 0 Å². The average molecular weight is 231 g/mol. The molecule has 1 heterocycles. The van der Waals surface area contributed by atoms with Gasteiger partial charge in [-0.2, -0.15) is 0 Å². The smallest absolute Gasteiger partial charge is 0.126 e. The van der Waals surface area contributed by atoms with Gasteiger partial charge in [0.1, 0.15) is 5.82 Å². The molecule has 2 rings (SSSR count). The zero-order chi connectivity index (χ0) is 12.4. The molecule has 0 amide bonds. The summed E-state index contributed by atoms with van der Waals surface area (Å²) in [6.45, 7) is 7.48. The summed E-state index contributed by atoms with van der Waals surface area (Å²) >= 11 is 0. The summed E-state index contributed by atoms with van der Waals surface area (Å²) in [6, 6.07) is 6.73. The Bertz CT molecular complexity index is 513. The minimum Gasteiger partial charge on any atom is -0.330 e. The zero-order valence-electron chi connectivity index (χ0n) is 11.1. The molecule has 0 spiro atoms. The summed E-state index contributed by atoms with van der Waals surface area (Å²) in [4.78, 5) is 4.73. The number of fused-ring (bicyclic) bond motifs is 1. The maximum atomic E-state index is 4.73. The van der Waals surface area contributed by atoms with Crippen LogP contribution < -0.4 is 5.32 Å². The van der Waals surface area contributed by atoms with E-state index in [1.807, 2.05) is 0 Å². The van der Waals surface area contributed by atoms with Crippen molar-refractivity contribution in [2.45, 2.75) is 33.2 Å². The van der Waals surface area contributed by atoms with Crippen molar-refractivity contribution < 1.29 is 0 Å². The van der Waals surface area contributed by atoms with E-state index in [0.717, 1.165) is 24.3 Å². The monoisotopic (exact) mass is 231 g/mol. The van der Waals surface area contributed by atoms with Crippen LogP contribution in [0.15, 0.2) is 18.2 Å². The Hall–Kier alpha value is -1.35. The van der Waals surface area contributed by atoms with Gasteiger partial charge in [0.25, 0.3) is 0 Å². The number of aryl methyl sites for hydroxylation is 2. The van der Waals surface area contributed by atoms with E-state index in [1.54, 1.807) is 0 Å². The molecular formula is C14H21N3. The first-order valence-corrected chi connectivity index (χ1v) is 6.30. The fourth-order valence-electron chi connectivity index (χ4n) is 2.17. The molecule has 17 heavy (non-hydrogen) atoms. The van der Waals surface area contributed by atoms with Crippen molar-refractivity contribution in [3.8, 4) is 0 Å². The molecule has 3 nitrogen and oxygen atoms in total. The normalized spacial score (nSPS) is 13.2. The van der Waals surface area contributed by atoms with Crippen LogP contribution in [0.2, 0.25) is 0 Å². The summed E-state index contributed by atoms with van der Waals surface area (Å²) in [7, 11) is 2.09. The van der Waals surface area contributed by atoms with Gasteiger partial charge in [-0.3, -0.25) is 0 Å². The molecule has 0 saturated carbocycles. The molecule has 92 valence electrons. The Morgan fingerprint density at radius 2 is 2.18 bits per heavy atom. The SMILES string of the molecule is CCCNC(C)c1nc2cc(C)ccc2n1C. The van der Waals surface area contributed by atoms with Crippen LogP contribution in [0.3, 0.4) is 0 Å². The lowest BCUT2D eigenvalue weighted by molar-refractivity contribution is 0.532. The average Bonchev–Trinajstić information content (AvgIpc) is 2.63. The van der Waals surface area contributed by atoms with Crippen molar-refractivity contribution >= 4 is 11.0 Å². The minimum absolute atomic E-state index is 0.299. The number of imidazole rings is 1. The fourth-order valence-corrected chi connectivity index (χ4v) is 2.17. The number of hydrogen-bond acceptors (Lipinski definition) is 2. The predicted molar refractivity (Wildman–Crippen MR) is 72.2 cm³/mol. The molecule has 0 aliphatic rings. The topological polar surface area (TPSA) is 29.9 Å². The van der Waals surface area contributed by atoms with E-state index in [9.17, 15) is 0 Å². The van der Waals surface area contributed by atoms with Gasteiger partial charge >= 0.3 is 0 Å². The molecule has 1 N–H and O–H groups in total. The van der Waals surface area contributed by atoms with Crippen LogP contribution in [-0.4, -0.2) is 16.1 Å². The number of hydrogen-bond donors (Lipinski definition) is 1. The van der Waals surface area contributed by atoms with E-state index in [2.05, 4.69) is 55.9 Å². The lowest BCUT2D eigenvalue weighted by atomic mass is 10.2. The first-order chi connectivity index (χ1) is 8.13. The molecule has 1 aromatic heterocycles. The maximum Gasteiger partial charge on any atom is 0.126 e. The van der Waals surface area contributed by atoms with Crippen LogP contribution in [0, 0.1) is 6.92 Å². The molecule has 2 aromatic rings. The lowest BCUT2D eigenvalue weighted by Crippen LogP contribution is -2.22. The third kappa shape index (κ3) is 2.34. The van der Waals surface area contributed by atoms with Crippen LogP contribution in [0.25, 0.3) is 11.0 Å². The Morgan fingerprint density at radius 1 is 1.41 bits per heavy atom. The van der Waals surface area contributed by atoms with Gasteiger partial charge in [-0.15, -0.1) is 0 Å². The lowest BCUT2D eigenvalue weighted by Gasteiger charge is -2.12. The molecule has 0 bridgehead atoms. The number of nitrogens with zero attached hydrogens (tertiary/aromatic N) is 2. The second-order valence-electron chi connectivity index (χ2n) is 4.70. The minimum atomic E-state index is 0.299. The van der Waals surface area contributed by atoms with Gasteiger partial charge in [0.2, 0.25) is 0 Å². The van der Waals surface area contributed by atoms with Crippen molar-refractivity contribution in [1.29, 1.82) is 0 Å². The number of benzene rings is 1. The van der Waals surface area contributed by atoms with Gasteiger partial charge in [0.15, 0.2) is 0 Å². The molecule has 0 aliphatic heterocycles. The van der Waals surface area contributed by atoms with Gasteiger partial charge in [-0.05, 0) is 44.5 Å². The predicted octanol–water partition coefficient (Wildman–Crippen LogP) is 2.94. The zero-order valence-corrected chi connectivity index (χ0v) is 11.1. The van der Waals surface area contributed by atoms with Gasteiger partial charge in [-0.1, -0.05) is 13.0 Å². The van der Waals surface area contributed by atoms with Gasteiger partial charge < -0.3 is 9.88 Å². The summed E-state index contributed by atoms with van der Waals surface area (Å²) in [5, 5.41) is 3.48. The highest BCUT2D eigenvalue weighted by Crippen LogP contribution is 2.20. The number of nitrogens with one attached hydrogen (secondary N) is 1. The Labute approximate surface area is 103 Å². The molecule has 1 aromatic carbocycles. The maximum absolute atomic E-state index is 4.73. The van der Waals surface area contributed by atoms with Crippen molar-refractivity contribution in [2.75, 3.05) is 6.54 Å². The largest absolute Gasteiger partial charge is 0.330 e. The Balaban J connectivity index is 2.37. The van der Waals surface area contributed by atoms with E-state index in [-0.39, 0.29) is 0 Å². The van der Waals surface area contributed by atoms with E-state index < -0.39 is 0 Å². The molecule has 3 heteroatoms. The summed E-state index contributed by atoms with van der Waals surface area (Å²) in [6.07, 6.45) is 1.15. The third-order valence-electron chi connectivity index (χ3n) is 3.16. The van der Waals surface area contributed by atoms with Gasteiger partial charge in [-0.25, -0.2) is 4.98 Å². The molecule has 1 atom stereocenters. The summed E-state index contributed by atoms with van der Waals surface area (Å²) < 4.78 is 2.18. The van der Waals surface area contributed by atoms with Gasteiger partial charge in [0, 0.05) is 7.05 Å². The standard InChI is InChI=1S/C14H21N3/c1-5-8-15-11(3)14-16-12-9-10(2)6-7-13(12)17(14)4/h6-7,9,11,15H,5,8H2,1-4H3. The quantitative estimate of drug-likeness (QED) is 0.876. The number of aromatic nitrogens is 2. The van der Waals surface area contributed by atoms with Crippen molar-refractivity contribution in [2.24, 2.45) is 7.05 Å². The van der Waals surface area contributed by atoms with Gasteiger partial charge in [0.05, 0.1) is 17.1 Å². The second-order valence-corrected chi connectivity index (χ2v) is 4.70. The molecular weight excluding hydrogens is 210 g/mol. The fraction of sp³-hybridized carbons (Fsp3) is 0.500. The van der Waals surface area contributed by atoms with Crippen molar-refractivity contribution in [3.05, 3.63) is 29.6 Å². The van der Waals surface area contributed by atoms with Crippen molar-refractivity contribution in [3.63, 3.8) is 0 Å². The van der Waals surface area contributed by atoms with Crippen LogP contribution in [-0.2, 0) is 7.05 Å². The second kappa shape index (κ2) is 4.88. The number of rotatable bonds is 4. The third-order valence-corrected chi connectivity index (χ3v) is 3.16. The molecule has 1 unspecified atom stereocenters. The summed E-state index contributed by atoms with van der Waals surface area (Å²) in [5.41, 5.74) is 3.56. The van der Waals surface area contributed by atoms with E-state index in [1.165, 1.54) is 11.1 Å². The first-order valence-electron chi connectivity index (χ1n) is 6.30. The van der Waals surface area contributed by atoms with Crippen LogP contribution >= 0.6 is 0 Å². The first kappa shape index (κ1) is 12.1. The Kier molecular flexibility index (Phi) is 3.48. The molecule has 0 aliphatic carbocycles. The summed E-state index contributed by atoms with van der Waals surface area (Å²) in [5.74, 6) is 1.11. The van der Waals surface area contributed by atoms with Crippen molar-refractivity contribution in [1.82, 2.24) is 14.9 Å². The van der Waals surface area contributed by atoms with E-state index in [4.69, 9.17) is 4.98 Å². The van der Waals surface area contributed by atoms with Crippen LogP contribution in [0.1, 0.15) is 37.7 Å².